The maximum absolute atomic E-state index is 10.9. The second-order valence-corrected chi connectivity index (χ2v) is 3.35. The van der Waals surface area contributed by atoms with Crippen LogP contribution in [0.25, 0.3) is 0 Å². The third kappa shape index (κ3) is 3.45. The summed E-state index contributed by atoms with van der Waals surface area (Å²) in [7, 11) is 1.27. The van der Waals surface area contributed by atoms with E-state index in [-0.39, 0.29) is 29.9 Å². The third-order valence-corrected chi connectivity index (χ3v) is 2.20. The van der Waals surface area contributed by atoms with Gasteiger partial charge in [0.05, 0.1) is 30.1 Å². The van der Waals surface area contributed by atoms with Gasteiger partial charge in [0.15, 0.2) is 0 Å². The van der Waals surface area contributed by atoms with Crippen LogP contribution in [0.5, 0.6) is 0 Å². The molecule has 7 heteroatoms. The first-order valence-electron chi connectivity index (χ1n) is 5.07. The zero-order valence-corrected chi connectivity index (χ0v) is 9.67. The number of hydrogen-bond donors (Lipinski definition) is 1. The highest BCUT2D eigenvalue weighted by Gasteiger charge is 2.14. The van der Waals surface area contributed by atoms with Crippen LogP contribution in [-0.2, 0) is 9.53 Å². The van der Waals surface area contributed by atoms with Crippen LogP contribution in [0.2, 0.25) is 0 Å². The maximum Gasteiger partial charge on any atom is 0.307 e. The van der Waals surface area contributed by atoms with Crippen molar-refractivity contribution in [2.75, 3.05) is 19.0 Å². The Morgan fingerprint density at radius 2 is 2.33 bits per heavy atom. The summed E-state index contributed by atoms with van der Waals surface area (Å²) in [5, 5.41) is 22.2. The molecule has 1 rings (SSSR count). The van der Waals surface area contributed by atoms with Crippen LogP contribution in [0.3, 0.4) is 0 Å². The third-order valence-electron chi connectivity index (χ3n) is 2.20. The first-order valence-corrected chi connectivity index (χ1v) is 5.07. The molecule has 0 saturated carbocycles. The lowest BCUT2D eigenvalue weighted by Crippen LogP contribution is -2.10. The number of carbonyl (C=O) groups is 1. The summed E-state index contributed by atoms with van der Waals surface area (Å²) in [4.78, 5) is 21.1. The largest absolute Gasteiger partial charge is 0.469 e. The fourth-order valence-electron chi connectivity index (χ4n) is 1.30. The van der Waals surface area contributed by atoms with Gasteiger partial charge in [0.2, 0.25) is 0 Å². The Balaban J connectivity index is 2.79. The lowest BCUT2D eigenvalue weighted by molar-refractivity contribution is -0.384. The minimum Gasteiger partial charge on any atom is -0.469 e. The SMILES string of the molecule is COC(=O)CCNc1ccc(C#N)cc1[N+](=O)[O-]. The molecule has 1 aromatic rings. The molecule has 0 saturated heterocycles. The molecular formula is C11H11N3O4. The fourth-order valence-corrected chi connectivity index (χ4v) is 1.30. The number of benzene rings is 1. The van der Waals surface area contributed by atoms with Crippen LogP contribution in [0, 0.1) is 21.4 Å². The number of nitrogens with one attached hydrogen (secondary N) is 1. The van der Waals surface area contributed by atoms with Crippen molar-refractivity contribution in [3.8, 4) is 6.07 Å². The molecule has 18 heavy (non-hydrogen) atoms. The monoisotopic (exact) mass is 249 g/mol. The molecule has 0 radical (unpaired) electrons. The van der Waals surface area contributed by atoms with Crippen molar-refractivity contribution in [3.63, 3.8) is 0 Å². The molecule has 1 N–H and O–H groups in total. The quantitative estimate of drug-likeness (QED) is 0.481. The molecule has 0 fully saturated rings. The summed E-state index contributed by atoms with van der Waals surface area (Å²) < 4.78 is 4.45. The molecule has 7 nitrogen and oxygen atoms in total. The topological polar surface area (TPSA) is 105 Å². The van der Waals surface area contributed by atoms with Gasteiger partial charge in [0, 0.05) is 12.6 Å². The predicted molar refractivity (Wildman–Crippen MR) is 62.9 cm³/mol. The number of nitriles is 1. The van der Waals surface area contributed by atoms with Crippen molar-refractivity contribution in [2.24, 2.45) is 0 Å². The number of nitrogens with zero attached hydrogens (tertiary/aromatic N) is 2. The first-order chi connectivity index (χ1) is 8.58. The Labute approximate surface area is 103 Å². The summed E-state index contributed by atoms with van der Waals surface area (Å²) in [6.07, 6.45) is 0.105. The van der Waals surface area contributed by atoms with Gasteiger partial charge in [-0.2, -0.15) is 5.26 Å². The van der Waals surface area contributed by atoms with E-state index in [4.69, 9.17) is 5.26 Å². The van der Waals surface area contributed by atoms with Gasteiger partial charge in [-0.3, -0.25) is 14.9 Å². The molecule has 0 spiro atoms. The van der Waals surface area contributed by atoms with E-state index in [1.807, 2.05) is 6.07 Å². The fraction of sp³-hybridized carbons (Fsp3) is 0.273. The van der Waals surface area contributed by atoms with Gasteiger partial charge in [0.25, 0.3) is 5.69 Å². The molecule has 0 atom stereocenters. The number of carbonyl (C=O) groups excluding carboxylic acids is 1. The zero-order chi connectivity index (χ0) is 13.5. The van der Waals surface area contributed by atoms with Gasteiger partial charge in [-0.25, -0.2) is 0 Å². The molecule has 0 aliphatic rings. The van der Waals surface area contributed by atoms with Crippen molar-refractivity contribution >= 4 is 17.3 Å². The van der Waals surface area contributed by atoms with Gasteiger partial charge in [0.1, 0.15) is 5.69 Å². The van der Waals surface area contributed by atoms with E-state index < -0.39 is 10.9 Å². The maximum atomic E-state index is 10.9. The highest BCUT2D eigenvalue weighted by Crippen LogP contribution is 2.25. The van der Waals surface area contributed by atoms with Crippen molar-refractivity contribution in [2.45, 2.75) is 6.42 Å². The van der Waals surface area contributed by atoms with E-state index in [9.17, 15) is 14.9 Å². The molecule has 0 amide bonds. The van der Waals surface area contributed by atoms with E-state index in [1.165, 1.54) is 25.3 Å². The number of anilines is 1. The Bertz CT molecular complexity index is 508. The van der Waals surface area contributed by atoms with E-state index in [1.54, 1.807) is 0 Å². The summed E-state index contributed by atoms with van der Waals surface area (Å²) in [5.41, 5.74) is 0.280. The smallest absolute Gasteiger partial charge is 0.307 e. The van der Waals surface area contributed by atoms with E-state index in [2.05, 4.69) is 10.1 Å². The number of esters is 1. The molecule has 0 aromatic heterocycles. The average molecular weight is 249 g/mol. The number of hydrogen-bond acceptors (Lipinski definition) is 6. The predicted octanol–water partition coefficient (Wildman–Crippen LogP) is 1.44. The van der Waals surface area contributed by atoms with Crippen LogP contribution in [0.15, 0.2) is 18.2 Å². The van der Waals surface area contributed by atoms with Crippen molar-refractivity contribution in [1.82, 2.24) is 0 Å². The summed E-state index contributed by atoms with van der Waals surface area (Å²) in [5.74, 6) is -0.404. The highest BCUT2D eigenvalue weighted by molar-refractivity contribution is 5.70. The Kier molecular flexibility index (Phi) is 4.63. The zero-order valence-electron chi connectivity index (χ0n) is 9.67. The molecular weight excluding hydrogens is 238 g/mol. The molecule has 0 heterocycles. The molecule has 0 aliphatic heterocycles. The molecule has 0 aliphatic carbocycles. The van der Waals surface area contributed by atoms with Gasteiger partial charge in [-0.1, -0.05) is 0 Å². The number of rotatable bonds is 5. The molecule has 1 aromatic carbocycles. The summed E-state index contributed by atoms with van der Waals surface area (Å²) in [6, 6.07) is 5.91. The van der Waals surface area contributed by atoms with Crippen molar-refractivity contribution < 1.29 is 14.5 Å². The highest BCUT2D eigenvalue weighted by atomic mass is 16.6. The first kappa shape index (κ1) is 13.4. The van der Waals surface area contributed by atoms with E-state index in [0.29, 0.717) is 0 Å². The Hall–Kier alpha value is -2.62. The lowest BCUT2D eigenvalue weighted by atomic mass is 10.2. The van der Waals surface area contributed by atoms with Crippen molar-refractivity contribution in [1.29, 1.82) is 5.26 Å². The number of nitro benzene ring substituents is 1. The van der Waals surface area contributed by atoms with Crippen LogP contribution < -0.4 is 5.32 Å². The van der Waals surface area contributed by atoms with Crippen molar-refractivity contribution in [3.05, 3.63) is 33.9 Å². The summed E-state index contributed by atoms with van der Waals surface area (Å²) in [6.45, 7) is 0.222. The minimum atomic E-state index is -0.582. The summed E-state index contributed by atoms with van der Waals surface area (Å²) >= 11 is 0. The molecule has 0 unspecified atom stereocenters. The molecule has 94 valence electrons. The second kappa shape index (κ2) is 6.20. The van der Waals surface area contributed by atoms with Crippen LogP contribution in [0.1, 0.15) is 12.0 Å². The van der Waals surface area contributed by atoms with Crippen LogP contribution in [0.4, 0.5) is 11.4 Å². The lowest BCUT2D eigenvalue weighted by Gasteiger charge is -2.06. The molecule has 0 bridgehead atoms. The van der Waals surface area contributed by atoms with E-state index in [0.717, 1.165) is 0 Å². The van der Waals surface area contributed by atoms with Gasteiger partial charge in [-0.05, 0) is 12.1 Å². The standard InChI is InChI=1S/C11H11N3O4/c1-18-11(15)4-5-13-9-3-2-8(7-12)6-10(9)14(16)17/h2-3,6,13H,4-5H2,1H3. The van der Waals surface area contributed by atoms with E-state index >= 15 is 0 Å². The number of methoxy groups -OCH3 is 1. The van der Waals surface area contributed by atoms with Crippen LogP contribution >= 0.6 is 0 Å². The minimum absolute atomic E-state index is 0.105. The average Bonchev–Trinajstić information content (AvgIpc) is 2.38. The second-order valence-electron chi connectivity index (χ2n) is 3.35. The number of ether oxygens (including phenoxy) is 1. The Morgan fingerprint density at radius 3 is 2.89 bits per heavy atom. The normalized spacial score (nSPS) is 9.33. The Morgan fingerprint density at radius 1 is 1.61 bits per heavy atom. The van der Waals surface area contributed by atoms with Gasteiger partial charge < -0.3 is 10.1 Å². The van der Waals surface area contributed by atoms with Gasteiger partial charge >= 0.3 is 5.97 Å². The van der Waals surface area contributed by atoms with Gasteiger partial charge in [-0.15, -0.1) is 0 Å². The van der Waals surface area contributed by atoms with Crippen LogP contribution in [-0.4, -0.2) is 24.5 Å². The number of nitro groups is 1.